The predicted molar refractivity (Wildman–Crippen MR) is 145 cm³/mol. The normalized spacial score (nSPS) is 18.0. The Morgan fingerprint density at radius 3 is 2.72 bits per heavy atom. The Bertz CT molecular complexity index is 1180. The zero-order chi connectivity index (χ0) is 25.5. The Morgan fingerprint density at radius 1 is 1.28 bits per heavy atom. The van der Waals surface area contributed by atoms with Gasteiger partial charge in [-0.25, -0.2) is 18.9 Å². The summed E-state index contributed by atoms with van der Waals surface area (Å²) in [5, 5.41) is 0.403. The topological polar surface area (TPSA) is 118 Å². The first kappa shape index (κ1) is 26.8. The number of methoxy groups -OCH3 is 1. The highest BCUT2D eigenvalue weighted by molar-refractivity contribution is 7.82. The lowest BCUT2D eigenvalue weighted by molar-refractivity contribution is 0.0342. The molecular formula is C25H35ClN6O3S. The standard InChI is InChI=1S/C18H20ClN5O2.C7H15NOS/c1-25-14-3-2-11(10-24-4-6-26-7-5-24)8-12(14)17-22-16-15(20)13(19)9-21-18(16)23-17;1-10(9)8-7-5-3-2-4-6-7/h2-3,8-9H,4-7,10H2,1H3,(H3,20,21,22,23);7-8H,2-6H2,1H3. The maximum atomic E-state index is 10.7. The summed E-state index contributed by atoms with van der Waals surface area (Å²) in [7, 11) is 0.832. The number of nitrogens with one attached hydrogen (secondary N) is 2. The number of pyridine rings is 1. The number of ether oxygens (including phenoxy) is 2. The SMILES string of the molecule is COc1ccc(CN2CCOCC2)cc1-c1nc2ncc(Cl)c(N)c2[nH]1.CS(=O)NC1CCCCC1. The first-order valence-electron chi connectivity index (χ1n) is 12.3. The summed E-state index contributed by atoms with van der Waals surface area (Å²) in [4.78, 5) is 14.4. The minimum Gasteiger partial charge on any atom is -0.496 e. The van der Waals surface area contributed by atoms with Crippen molar-refractivity contribution in [2.24, 2.45) is 0 Å². The first-order chi connectivity index (χ1) is 17.4. The third-order valence-corrected chi connectivity index (χ3v) is 7.44. The van der Waals surface area contributed by atoms with E-state index in [2.05, 4.69) is 36.7 Å². The summed E-state index contributed by atoms with van der Waals surface area (Å²) in [5.74, 6) is 1.39. The number of nitrogen functional groups attached to an aromatic ring is 1. The van der Waals surface area contributed by atoms with Gasteiger partial charge < -0.3 is 20.2 Å². The number of aromatic amines is 1. The highest BCUT2D eigenvalue weighted by atomic mass is 35.5. The molecule has 2 fully saturated rings. The Hall–Kier alpha value is -2.24. The van der Waals surface area contributed by atoms with Crippen LogP contribution >= 0.6 is 11.6 Å². The van der Waals surface area contributed by atoms with E-state index in [1.165, 1.54) is 43.9 Å². The molecule has 2 aliphatic rings. The molecule has 36 heavy (non-hydrogen) atoms. The van der Waals surface area contributed by atoms with Crippen molar-refractivity contribution in [3.05, 3.63) is 35.0 Å². The summed E-state index contributed by atoms with van der Waals surface area (Å²) in [6.07, 6.45) is 9.59. The molecule has 1 saturated heterocycles. The van der Waals surface area contributed by atoms with Crippen LogP contribution in [0.15, 0.2) is 24.4 Å². The monoisotopic (exact) mass is 534 g/mol. The molecule has 9 nitrogen and oxygen atoms in total. The van der Waals surface area contributed by atoms with Crippen molar-refractivity contribution < 1.29 is 13.7 Å². The second-order valence-corrected chi connectivity index (χ2v) is 10.7. The van der Waals surface area contributed by atoms with Crippen molar-refractivity contribution in [3.63, 3.8) is 0 Å². The zero-order valence-electron chi connectivity index (χ0n) is 20.9. The van der Waals surface area contributed by atoms with Crippen molar-refractivity contribution >= 4 is 39.4 Å². The molecule has 3 heterocycles. The summed E-state index contributed by atoms with van der Waals surface area (Å²) >= 11 is 6.06. The molecule has 4 N–H and O–H groups in total. The van der Waals surface area contributed by atoms with Gasteiger partial charge >= 0.3 is 0 Å². The fourth-order valence-electron chi connectivity index (χ4n) is 4.59. The number of morpholine rings is 1. The summed E-state index contributed by atoms with van der Waals surface area (Å²) in [5.41, 5.74) is 9.70. The van der Waals surface area contributed by atoms with Gasteiger partial charge in [-0.15, -0.1) is 0 Å². The summed E-state index contributed by atoms with van der Waals surface area (Å²) < 4.78 is 24.7. The Balaban J connectivity index is 0.000000256. The molecule has 2 aromatic heterocycles. The van der Waals surface area contributed by atoms with Crippen LogP contribution in [0.3, 0.4) is 0 Å². The highest BCUT2D eigenvalue weighted by Gasteiger charge is 2.17. The Kier molecular flexibility index (Phi) is 9.55. The average Bonchev–Trinajstić information content (AvgIpc) is 3.33. The molecule has 0 bridgehead atoms. The van der Waals surface area contributed by atoms with E-state index >= 15 is 0 Å². The van der Waals surface area contributed by atoms with Crippen molar-refractivity contribution in [1.82, 2.24) is 24.6 Å². The van der Waals surface area contributed by atoms with Crippen LogP contribution in [0.5, 0.6) is 5.75 Å². The number of hydrogen-bond donors (Lipinski definition) is 3. The van der Waals surface area contributed by atoms with Crippen molar-refractivity contribution in [3.8, 4) is 17.1 Å². The van der Waals surface area contributed by atoms with E-state index in [0.29, 0.717) is 33.7 Å². The molecule has 1 unspecified atom stereocenters. The van der Waals surface area contributed by atoms with Crippen LogP contribution < -0.4 is 15.2 Å². The quantitative estimate of drug-likeness (QED) is 0.439. The first-order valence-corrected chi connectivity index (χ1v) is 14.2. The van der Waals surface area contributed by atoms with Crippen LogP contribution in [-0.2, 0) is 22.3 Å². The van der Waals surface area contributed by atoms with E-state index in [4.69, 9.17) is 26.8 Å². The van der Waals surface area contributed by atoms with Gasteiger partial charge in [0.05, 0.1) is 53.8 Å². The Morgan fingerprint density at radius 2 is 2.03 bits per heavy atom. The van der Waals surface area contributed by atoms with E-state index < -0.39 is 11.0 Å². The van der Waals surface area contributed by atoms with Crippen molar-refractivity contribution in [1.29, 1.82) is 0 Å². The van der Waals surface area contributed by atoms with Gasteiger partial charge in [-0.3, -0.25) is 4.90 Å². The lowest BCUT2D eigenvalue weighted by atomic mass is 9.96. The molecule has 1 aliphatic heterocycles. The molecule has 1 atom stereocenters. The molecule has 11 heteroatoms. The van der Waals surface area contributed by atoms with E-state index in [1.54, 1.807) is 13.4 Å². The number of imidazole rings is 1. The lowest BCUT2D eigenvalue weighted by Crippen LogP contribution is -2.35. The van der Waals surface area contributed by atoms with Crippen molar-refractivity contribution in [2.45, 2.75) is 44.7 Å². The molecule has 1 aliphatic carbocycles. The smallest absolute Gasteiger partial charge is 0.180 e. The van der Waals surface area contributed by atoms with Gasteiger partial charge in [-0.2, -0.15) is 0 Å². The molecular weight excluding hydrogens is 500 g/mol. The van der Waals surface area contributed by atoms with Gasteiger partial charge in [0.2, 0.25) is 0 Å². The lowest BCUT2D eigenvalue weighted by Gasteiger charge is -2.26. The number of benzene rings is 1. The average molecular weight is 535 g/mol. The number of halogens is 1. The van der Waals surface area contributed by atoms with Crippen LogP contribution in [-0.4, -0.2) is 69.8 Å². The number of nitrogens with zero attached hydrogens (tertiary/aromatic N) is 3. The van der Waals surface area contributed by atoms with Crippen LogP contribution in [0.1, 0.15) is 37.7 Å². The van der Waals surface area contributed by atoms with E-state index in [-0.39, 0.29) is 0 Å². The molecule has 3 aromatic rings. The van der Waals surface area contributed by atoms with Gasteiger partial charge in [0.25, 0.3) is 0 Å². The van der Waals surface area contributed by atoms with Gasteiger partial charge in [-0.05, 0) is 30.5 Å². The van der Waals surface area contributed by atoms with Crippen LogP contribution in [0.2, 0.25) is 5.02 Å². The molecule has 1 saturated carbocycles. The number of H-pyrrole nitrogens is 1. The van der Waals surface area contributed by atoms with E-state index in [0.717, 1.165) is 44.2 Å². The molecule has 0 spiro atoms. The third-order valence-electron chi connectivity index (χ3n) is 6.48. The van der Waals surface area contributed by atoms with Gasteiger partial charge in [0.15, 0.2) is 5.65 Å². The van der Waals surface area contributed by atoms with Crippen LogP contribution in [0, 0.1) is 0 Å². The minimum atomic E-state index is -0.813. The second-order valence-electron chi connectivity index (χ2n) is 9.13. The Labute approximate surface area is 219 Å². The third kappa shape index (κ3) is 6.95. The zero-order valence-corrected chi connectivity index (χ0v) is 22.5. The molecule has 5 rings (SSSR count). The number of fused-ring (bicyclic) bond motifs is 1. The summed E-state index contributed by atoms with van der Waals surface area (Å²) in [6.45, 7) is 4.28. The van der Waals surface area contributed by atoms with Gasteiger partial charge in [0.1, 0.15) is 17.1 Å². The number of nitrogens with two attached hydrogens (primary N) is 1. The number of hydrogen-bond acceptors (Lipinski definition) is 7. The van der Waals surface area contributed by atoms with Gasteiger partial charge in [0, 0.05) is 31.9 Å². The largest absolute Gasteiger partial charge is 0.496 e. The maximum absolute atomic E-state index is 10.7. The molecule has 1 aromatic carbocycles. The molecule has 196 valence electrons. The minimum absolute atomic E-state index is 0.403. The summed E-state index contributed by atoms with van der Waals surface area (Å²) in [6, 6.07) is 6.65. The number of rotatable bonds is 6. The number of anilines is 1. The fourth-order valence-corrected chi connectivity index (χ4v) is 5.44. The maximum Gasteiger partial charge on any atom is 0.180 e. The predicted octanol–water partition coefficient (Wildman–Crippen LogP) is 3.90. The van der Waals surface area contributed by atoms with E-state index in [9.17, 15) is 4.21 Å². The van der Waals surface area contributed by atoms with Crippen LogP contribution in [0.4, 0.5) is 5.69 Å². The second kappa shape index (κ2) is 12.8. The van der Waals surface area contributed by atoms with Crippen molar-refractivity contribution in [2.75, 3.05) is 45.4 Å². The van der Waals surface area contributed by atoms with E-state index in [1.807, 2.05) is 6.07 Å². The van der Waals surface area contributed by atoms with Gasteiger partial charge in [-0.1, -0.05) is 36.9 Å². The highest BCUT2D eigenvalue weighted by Crippen LogP contribution is 2.33. The van der Waals surface area contributed by atoms with Crippen LogP contribution in [0.25, 0.3) is 22.6 Å². The molecule has 0 radical (unpaired) electrons. The molecule has 0 amide bonds. The number of aromatic nitrogens is 3. The fraction of sp³-hybridized carbons (Fsp3) is 0.520.